The summed E-state index contributed by atoms with van der Waals surface area (Å²) < 4.78 is 0. The highest BCUT2D eigenvalue weighted by atomic mass is 32.1. The van der Waals surface area contributed by atoms with E-state index in [1.807, 2.05) is 29.2 Å². The number of benzene rings is 1. The largest absolute Gasteiger partial charge is 0.360 e. The second-order valence-corrected chi connectivity index (χ2v) is 6.80. The van der Waals surface area contributed by atoms with Crippen molar-refractivity contribution in [2.75, 3.05) is 5.32 Å². The Morgan fingerprint density at radius 2 is 2.00 bits per heavy atom. The molecule has 4 rings (SSSR count). The van der Waals surface area contributed by atoms with E-state index in [1.54, 1.807) is 11.3 Å². The number of aryl methyl sites for hydroxylation is 1. The third kappa shape index (κ3) is 1.83. The summed E-state index contributed by atoms with van der Waals surface area (Å²) in [5.74, 6) is 0.165. The molecule has 1 aliphatic heterocycles. The van der Waals surface area contributed by atoms with Crippen molar-refractivity contribution >= 4 is 22.9 Å². The molecule has 4 heteroatoms. The van der Waals surface area contributed by atoms with Crippen LogP contribution in [0.2, 0.25) is 0 Å². The smallest absolute Gasteiger partial charge is 0.258 e. The lowest BCUT2D eigenvalue weighted by molar-refractivity contribution is 0.0669. The molecule has 1 atom stereocenters. The van der Waals surface area contributed by atoms with Crippen LogP contribution in [-0.2, 0) is 0 Å². The van der Waals surface area contributed by atoms with Gasteiger partial charge < -0.3 is 10.2 Å². The second-order valence-electron chi connectivity index (χ2n) is 5.48. The van der Waals surface area contributed by atoms with Crippen LogP contribution in [0.4, 0.5) is 5.69 Å². The fourth-order valence-corrected chi connectivity index (χ4v) is 3.73. The number of rotatable bonds is 2. The number of carbonyl (C=O) groups is 1. The lowest BCUT2D eigenvalue weighted by Gasteiger charge is -2.37. The van der Waals surface area contributed by atoms with Crippen LogP contribution >= 0.6 is 11.3 Å². The van der Waals surface area contributed by atoms with Crippen molar-refractivity contribution < 1.29 is 4.79 Å². The molecule has 1 amide bonds. The predicted octanol–water partition coefficient (Wildman–Crippen LogP) is 3.79. The molecule has 0 unspecified atom stereocenters. The van der Waals surface area contributed by atoms with Gasteiger partial charge in [-0.25, -0.2) is 0 Å². The third-order valence-corrected chi connectivity index (χ3v) is 4.99. The summed E-state index contributed by atoms with van der Waals surface area (Å²) in [6.45, 7) is 2.11. The quantitative estimate of drug-likeness (QED) is 0.910. The van der Waals surface area contributed by atoms with Crippen LogP contribution in [0, 0.1) is 6.92 Å². The number of nitrogens with one attached hydrogen (secondary N) is 1. The SMILES string of the molecule is Cc1ccc([C@H]2Nc3ccccc3C(=O)N2C2CC2)s1. The van der Waals surface area contributed by atoms with Gasteiger partial charge in [0.2, 0.25) is 0 Å². The fourth-order valence-electron chi connectivity index (χ4n) is 2.81. The van der Waals surface area contributed by atoms with Crippen LogP contribution in [-0.4, -0.2) is 16.8 Å². The topological polar surface area (TPSA) is 32.3 Å². The van der Waals surface area contributed by atoms with Gasteiger partial charge in [0.05, 0.1) is 5.56 Å². The van der Waals surface area contributed by atoms with Crippen molar-refractivity contribution in [3.8, 4) is 0 Å². The van der Waals surface area contributed by atoms with Crippen LogP contribution < -0.4 is 5.32 Å². The van der Waals surface area contributed by atoms with Gasteiger partial charge in [-0.3, -0.25) is 4.79 Å². The van der Waals surface area contributed by atoms with Gasteiger partial charge in [0.15, 0.2) is 0 Å². The molecule has 2 heterocycles. The van der Waals surface area contributed by atoms with Gasteiger partial charge in [0, 0.05) is 21.5 Å². The van der Waals surface area contributed by atoms with E-state index < -0.39 is 0 Å². The average molecular weight is 284 g/mol. The number of hydrogen-bond donors (Lipinski definition) is 1. The van der Waals surface area contributed by atoms with Crippen LogP contribution in [0.5, 0.6) is 0 Å². The first kappa shape index (κ1) is 12.0. The summed E-state index contributed by atoms with van der Waals surface area (Å²) in [7, 11) is 0. The number of nitrogens with zero attached hydrogens (tertiary/aromatic N) is 1. The molecule has 0 saturated heterocycles. The highest BCUT2D eigenvalue weighted by Crippen LogP contribution is 2.42. The molecule has 2 aliphatic rings. The van der Waals surface area contributed by atoms with Crippen LogP contribution in [0.3, 0.4) is 0 Å². The number of thiophene rings is 1. The fraction of sp³-hybridized carbons (Fsp3) is 0.312. The maximum atomic E-state index is 12.8. The summed E-state index contributed by atoms with van der Waals surface area (Å²) in [6.07, 6.45) is 2.23. The van der Waals surface area contributed by atoms with E-state index in [0.29, 0.717) is 6.04 Å². The summed E-state index contributed by atoms with van der Waals surface area (Å²) in [5, 5.41) is 3.54. The third-order valence-electron chi connectivity index (χ3n) is 3.93. The van der Waals surface area contributed by atoms with Gasteiger partial charge in [0.25, 0.3) is 5.91 Å². The standard InChI is InChI=1S/C16H16N2OS/c1-10-6-9-14(20-10)15-17-13-5-3-2-4-12(13)16(19)18(15)11-7-8-11/h2-6,9,11,15,17H,7-8H2,1H3/t15-/m0/s1. The molecule has 20 heavy (non-hydrogen) atoms. The summed E-state index contributed by atoms with van der Waals surface area (Å²) in [4.78, 5) is 17.3. The number of anilines is 1. The van der Waals surface area contributed by atoms with Crippen molar-refractivity contribution in [2.45, 2.75) is 32.0 Å². The van der Waals surface area contributed by atoms with E-state index in [9.17, 15) is 4.79 Å². The predicted molar refractivity (Wildman–Crippen MR) is 81.1 cm³/mol. The summed E-state index contributed by atoms with van der Waals surface area (Å²) >= 11 is 1.76. The second kappa shape index (κ2) is 4.35. The van der Waals surface area contributed by atoms with Crippen molar-refractivity contribution in [1.29, 1.82) is 0 Å². The maximum Gasteiger partial charge on any atom is 0.258 e. The molecule has 102 valence electrons. The first-order chi connectivity index (χ1) is 9.74. The first-order valence-corrected chi connectivity index (χ1v) is 7.80. The van der Waals surface area contributed by atoms with Gasteiger partial charge in [-0.05, 0) is 44.0 Å². The van der Waals surface area contributed by atoms with E-state index in [-0.39, 0.29) is 12.1 Å². The van der Waals surface area contributed by atoms with Crippen molar-refractivity contribution in [2.24, 2.45) is 0 Å². The first-order valence-electron chi connectivity index (χ1n) is 6.98. The molecule has 1 aliphatic carbocycles. The molecule has 0 bridgehead atoms. The van der Waals surface area contributed by atoms with E-state index >= 15 is 0 Å². The zero-order valence-corrected chi connectivity index (χ0v) is 12.1. The number of para-hydroxylation sites is 1. The van der Waals surface area contributed by atoms with Crippen molar-refractivity contribution in [1.82, 2.24) is 4.90 Å². The van der Waals surface area contributed by atoms with E-state index in [0.717, 1.165) is 24.1 Å². The minimum absolute atomic E-state index is 0.0106. The molecule has 1 N–H and O–H groups in total. The Morgan fingerprint density at radius 1 is 1.20 bits per heavy atom. The minimum Gasteiger partial charge on any atom is -0.360 e. The zero-order valence-electron chi connectivity index (χ0n) is 11.3. The summed E-state index contributed by atoms with van der Waals surface area (Å²) in [5.41, 5.74) is 1.74. The Hall–Kier alpha value is -1.81. The molecule has 2 aromatic rings. The van der Waals surface area contributed by atoms with Crippen molar-refractivity contribution in [3.63, 3.8) is 0 Å². The molecule has 1 saturated carbocycles. The molecule has 1 aromatic carbocycles. The Labute approximate surface area is 122 Å². The van der Waals surface area contributed by atoms with Crippen LogP contribution in [0.25, 0.3) is 0 Å². The Kier molecular flexibility index (Phi) is 2.60. The highest BCUT2D eigenvalue weighted by molar-refractivity contribution is 7.12. The summed E-state index contributed by atoms with van der Waals surface area (Å²) in [6, 6.07) is 12.5. The molecule has 1 aromatic heterocycles. The molecule has 3 nitrogen and oxygen atoms in total. The Morgan fingerprint density at radius 3 is 2.70 bits per heavy atom. The molecular weight excluding hydrogens is 268 g/mol. The molecule has 0 spiro atoms. The van der Waals surface area contributed by atoms with E-state index in [2.05, 4.69) is 24.4 Å². The van der Waals surface area contributed by atoms with Gasteiger partial charge in [-0.2, -0.15) is 0 Å². The number of fused-ring (bicyclic) bond motifs is 1. The monoisotopic (exact) mass is 284 g/mol. The maximum absolute atomic E-state index is 12.8. The lowest BCUT2D eigenvalue weighted by atomic mass is 10.1. The Bertz CT molecular complexity index is 675. The molecule has 1 fully saturated rings. The zero-order chi connectivity index (χ0) is 13.7. The van der Waals surface area contributed by atoms with Gasteiger partial charge in [0.1, 0.15) is 6.17 Å². The number of hydrogen-bond acceptors (Lipinski definition) is 3. The van der Waals surface area contributed by atoms with Gasteiger partial charge >= 0.3 is 0 Å². The lowest BCUT2D eigenvalue weighted by Crippen LogP contribution is -2.43. The highest BCUT2D eigenvalue weighted by Gasteiger charge is 2.42. The molecule has 0 radical (unpaired) electrons. The van der Waals surface area contributed by atoms with Crippen LogP contribution in [0.1, 0.15) is 39.1 Å². The van der Waals surface area contributed by atoms with E-state index in [1.165, 1.54) is 9.75 Å². The Balaban J connectivity index is 1.80. The minimum atomic E-state index is -0.0106. The van der Waals surface area contributed by atoms with Gasteiger partial charge in [-0.1, -0.05) is 12.1 Å². The normalized spacial score (nSPS) is 21.6. The number of carbonyl (C=O) groups excluding carboxylic acids is 1. The van der Waals surface area contributed by atoms with Crippen LogP contribution in [0.15, 0.2) is 36.4 Å². The van der Waals surface area contributed by atoms with Gasteiger partial charge in [-0.15, -0.1) is 11.3 Å². The van der Waals surface area contributed by atoms with Crippen molar-refractivity contribution in [3.05, 3.63) is 51.7 Å². The van der Waals surface area contributed by atoms with E-state index in [4.69, 9.17) is 0 Å². The number of amides is 1. The average Bonchev–Trinajstić information content (AvgIpc) is 3.20. The molecular formula is C16H16N2OS.